The number of benzene rings is 1. The van der Waals surface area contributed by atoms with Crippen LogP contribution in [0.2, 0.25) is 5.02 Å². The van der Waals surface area contributed by atoms with Crippen LogP contribution in [0.1, 0.15) is 19.4 Å². The topological polar surface area (TPSA) is 60.1 Å². The molecule has 0 aliphatic rings. The fourth-order valence-corrected chi connectivity index (χ4v) is 2.16. The Kier molecular flexibility index (Phi) is 7.32. The Morgan fingerprint density at radius 3 is 2.48 bits per heavy atom. The van der Waals surface area contributed by atoms with Gasteiger partial charge in [0.2, 0.25) is 5.90 Å². The summed E-state index contributed by atoms with van der Waals surface area (Å²) in [4.78, 5) is 6.80. The van der Waals surface area contributed by atoms with Crippen molar-refractivity contribution in [2.45, 2.75) is 13.8 Å². The van der Waals surface area contributed by atoms with E-state index in [2.05, 4.69) is 23.7 Å². The van der Waals surface area contributed by atoms with Crippen molar-refractivity contribution in [3.63, 3.8) is 0 Å². The van der Waals surface area contributed by atoms with Gasteiger partial charge < -0.3 is 20.1 Å². The van der Waals surface area contributed by atoms with Crippen molar-refractivity contribution in [2.75, 3.05) is 46.1 Å². The van der Waals surface area contributed by atoms with Crippen molar-refractivity contribution in [1.29, 1.82) is 0 Å². The van der Waals surface area contributed by atoms with E-state index < -0.39 is 0 Å². The molecule has 0 aliphatic carbocycles. The highest BCUT2D eigenvalue weighted by Gasteiger charge is 2.14. The molecule has 0 aliphatic heterocycles. The van der Waals surface area contributed by atoms with Crippen LogP contribution >= 0.6 is 11.6 Å². The van der Waals surface area contributed by atoms with Gasteiger partial charge in [0.15, 0.2) is 0 Å². The number of halogens is 1. The smallest absolute Gasteiger partial charge is 0.219 e. The Hall–Kier alpha value is -1.46. The van der Waals surface area contributed by atoms with Crippen molar-refractivity contribution in [1.82, 2.24) is 4.90 Å². The molecule has 1 aromatic carbocycles. The van der Waals surface area contributed by atoms with Crippen LogP contribution in [0, 0.1) is 0 Å². The van der Waals surface area contributed by atoms with E-state index >= 15 is 0 Å². The molecule has 0 saturated carbocycles. The first-order valence-corrected chi connectivity index (χ1v) is 7.39. The van der Waals surface area contributed by atoms with Crippen molar-refractivity contribution in [3.05, 3.63) is 22.7 Å². The molecule has 0 aromatic heterocycles. The van der Waals surface area contributed by atoms with Gasteiger partial charge in [0.05, 0.1) is 37.0 Å². The van der Waals surface area contributed by atoms with Gasteiger partial charge in [-0.05, 0) is 19.2 Å². The normalized spacial score (nSPS) is 11.8. The molecule has 118 valence electrons. The molecule has 5 nitrogen and oxygen atoms in total. The lowest BCUT2D eigenvalue weighted by Crippen LogP contribution is -2.26. The maximum atomic E-state index is 6.07. The molecule has 0 amide bonds. The highest BCUT2D eigenvalue weighted by Crippen LogP contribution is 2.29. The predicted molar refractivity (Wildman–Crippen MR) is 88.6 cm³/mol. The molecule has 0 radical (unpaired) electrons. The standard InChI is InChI=1S/C15H24ClN3O2/c1-5-19(6-2)8-7-18-15(21-4)11-9-12(16)13(17)10-14(11)20-3/h9-10H,5-8,17H2,1-4H3/b18-15-. The van der Waals surface area contributed by atoms with Gasteiger partial charge in [0.25, 0.3) is 0 Å². The van der Waals surface area contributed by atoms with Gasteiger partial charge >= 0.3 is 0 Å². The molecule has 2 N–H and O–H groups in total. The van der Waals surface area contributed by atoms with Crippen LogP contribution in [0.15, 0.2) is 17.1 Å². The molecule has 6 heteroatoms. The molecule has 0 fully saturated rings. The van der Waals surface area contributed by atoms with Gasteiger partial charge in [-0.1, -0.05) is 25.4 Å². The Labute approximate surface area is 131 Å². The maximum absolute atomic E-state index is 6.07. The van der Waals surface area contributed by atoms with Crippen LogP contribution in [0.4, 0.5) is 5.69 Å². The summed E-state index contributed by atoms with van der Waals surface area (Å²) in [5.41, 5.74) is 6.96. The van der Waals surface area contributed by atoms with Crippen molar-refractivity contribution in [2.24, 2.45) is 4.99 Å². The molecule has 0 atom stereocenters. The molecular weight excluding hydrogens is 290 g/mol. The molecular formula is C15H24ClN3O2. The van der Waals surface area contributed by atoms with E-state index in [0.29, 0.717) is 34.5 Å². The van der Waals surface area contributed by atoms with Crippen LogP contribution in [0.25, 0.3) is 0 Å². The molecule has 1 aromatic rings. The number of rotatable bonds is 7. The number of nitrogens with two attached hydrogens (primary N) is 1. The minimum atomic E-state index is 0.458. The molecule has 0 heterocycles. The Morgan fingerprint density at radius 2 is 1.95 bits per heavy atom. The zero-order valence-electron chi connectivity index (χ0n) is 13.1. The van der Waals surface area contributed by atoms with Crippen LogP contribution < -0.4 is 10.5 Å². The average molecular weight is 314 g/mol. The van der Waals surface area contributed by atoms with E-state index in [9.17, 15) is 0 Å². The Morgan fingerprint density at radius 1 is 1.29 bits per heavy atom. The van der Waals surface area contributed by atoms with Gasteiger partial charge in [-0.3, -0.25) is 0 Å². The highest BCUT2D eigenvalue weighted by molar-refractivity contribution is 6.33. The summed E-state index contributed by atoms with van der Waals surface area (Å²) in [5.74, 6) is 1.10. The molecule has 21 heavy (non-hydrogen) atoms. The average Bonchev–Trinajstić information content (AvgIpc) is 2.50. The van der Waals surface area contributed by atoms with Crippen LogP contribution in [0.5, 0.6) is 5.75 Å². The van der Waals surface area contributed by atoms with E-state index in [1.54, 1.807) is 26.4 Å². The number of hydrogen-bond donors (Lipinski definition) is 1. The number of likely N-dealkylation sites (N-methyl/N-ethyl adjacent to an activating group) is 1. The van der Waals surface area contributed by atoms with Gasteiger partial charge in [0, 0.05) is 12.6 Å². The summed E-state index contributed by atoms with van der Waals surface area (Å²) in [6.45, 7) is 7.80. The molecule has 1 rings (SSSR count). The van der Waals surface area contributed by atoms with E-state index in [0.717, 1.165) is 19.6 Å². The third kappa shape index (κ3) is 4.79. The van der Waals surface area contributed by atoms with Gasteiger partial charge in [-0.25, -0.2) is 4.99 Å². The van der Waals surface area contributed by atoms with Crippen molar-refractivity contribution in [3.8, 4) is 5.75 Å². The summed E-state index contributed by atoms with van der Waals surface area (Å²) in [6, 6.07) is 3.39. The lowest BCUT2D eigenvalue weighted by molar-refractivity contribution is 0.311. The second-order valence-electron chi connectivity index (χ2n) is 4.49. The first-order valence-electron chi connectivity index (χ1n) is 7.01. The number of aliphatic imine (C=N–C) groups is 1. The maximum Gasteiger partial charge on any atom is 0.219 e. The monoisotopic (exact) mass is 313 g/mol. The van der Waals surface area contributed by atoms with E-state index in [1.807, 2.05) is 0 Å². The largest absolute Gasteiger partial charge is 0.496 e. The van der Waals surface area contributed by atoms with E-state index in [4.69, 9.17) is 26.8 Å². The van der Waals surface area contributed by atoms with Crippen LogP contribution in [-0.2, 0) is 4.74 Å². The van der Waals surface area contributed by atoms with Crippen molar-refractivity contribution < 1.29 is 9.47 Å². The third-order valence-electron chi connectivity index (χ3n) is 3.31. The third-order valence-corrected chi connectivity index (χ3v) is 3.64. The predicted octanol–water partition coefficient (Wildman–Crippen LogP) is 2.67. The first-order chi connectivity index (χ1) is 10.1. The summed E-state index contributed by atoms with van der Waals surface area (Å²) in [5, 5.41) is 0.458. The minimum absolute atomic E-state index is 0.458. The van der Waals surface area contributed by atoms with Gasteiger partial charge in [-0.15, -0.1) is 0 Å². The number of methoxy groups -OCH3 is 2. The van der Waals surface area contributed by atoms with E-state index in [-0.39, 0.29) is 0 Å². The van der Waals surface area contributed by atoms with Crippen molar-refractivity contribution >= 4 is 23.2 Å². The Bertz CT molecular complexity index is 488. The Balaban J connectivity index is 2.96. The number of hydrogen-bond acceptors (Lipinski definition) is 5. The summed E-state index contributed by atoms with van der Waals surface area (Å²) in [7, 11) is 3.16. The summed E-state index contributed by atoms with van der Waals surface area (Å²) >= 11 is 6.07. The number of anilines is 1. The SMILES string of the molecule is CCN(CC)CC/N=C(\OC)c1cc(Cl)c(N)cc1OC. The lowest BCUT2D eigenvalue weighted by atomic mass is 10.1. The van der Waals surface area contributed by atoms with Gasteiger partial charge in [0.1, 0.15) is 5.75 Å². The number of ether oxygens (including phenoxy) is 2. The summed E-state index contributed by atoms with van der Waals surface area (Å²) < 4.78 is 10.7. The second-order valence-corrected chi connectivity index (χ2v) is 4.90. The zero-order chi connectivity index (χ0) is 15.8. The fraction of sp³-hybridized carbons (Fsp3) is 0.533. The first kappa shape index (κ1) is 17.6. The highest BCUT2D eigenvalue weighted by atomic mass is 35.5. The lowest BCUT2D eigenvalue weighted by Gasteiger charge is -2.17. The van der Waals surface area contributed by atoms with E-state index in [1.165, 1.54) is 0 Å². The number of nitrogens with zero attached hydrogens (tertiary/aromatic N) is 2. The molecule has 0 saturated heterocycles. The van der Waals surface area contributed by atoms with Gasteiger partial charge in [-0.2, -0.15) is 0 Å². The minimum Gasteiger partial charge on any atom is -0.496 e. The van der Waals surface area contributed by atoms with Crippen LogP contribution in [-0.4, -0.2) is 51.2 Å². The van der Waals surface area contributed by atoms with Crippen LogP contribution in [0.3, 0.4) is 0 Å². The zero-order valence-corrected chi connectivity index (χ0v) is 13.9. The molecule has 0 bridgehead atoms. The molecule has 0 spiro atoms. The quantitative estimate of drug-likeness (QED) is 0.477. The fourth-order valence-electron chi connectivity index (χ4n) is 2.00. The number of nitrogen functional groups attached to an aromatic ring is 1. The second kappa shape index (κ2) is 8.74. The summed E-state index contributed by atoms with van der Waals surface area (Å²) in [6.07, 6.45) is 0. The molecule has 0 unspecified atom stereocenters.